The lowest BCUT2D eigenvalue weighted by atomic mass is 10.0. The summed E-state index contributed by atoms with van der Waals surface area (Å²) < 4.78 is 2.04. The lowest BCUT2D eigenvalue weighted by Crippen LogP contribution is -2.03. The Bertz CT molecular complexity index is 757. The molecular weight excluding hydrogens is 282 g/mol. The van der Waals surface area contributed by atoms with Crippen LogP contribution in [0.2, 0.25) is 0 Å². The summed E-state index contributed by atoms with van der Waals surface area (Å²) in [7, 11) is 0. The molecule has 108 valence electrons. The van der Waals surface area contributed by atoms with Gasteiger partial charge in [0.25, 0.3) is 0 Å². The SMILES string of the molecule is CC(C)c1ccc(-n2c(C(C)Cl)nc3cccnc32)cc1. The van der Waals surface area contributed by atoms with Gasteiger partial charge in [-0.2, -0.15) is 0 Å². The highest BCUT2D eigenvalue weighted by molar-refractivity contribution is 6.20. The molecule has 3 nitrogen and oxygen atoms in total. The minimum absolute atomic E-state index is 0.177. The highest BCUT2D eigenvalue weighted by atomic mass is 35.5. The van der Waals surface area contributed by atoms with E-state index in [1.165, 1.54) is 5.56 Å². The highest BCUT2D eigenvalue weighted by Gasteiger charge is 2.17. The van der Waals surface area contributed by atoms with Crippen molar-refractivity contribution in [1.29, 1.82) is 0 Å². The van der Waals surface area contributed by atoms with Crippen LogP contribution in [0.3, 0.4) is 0 Å². The maximum Gasteiger partial charge on any atom is 0.164 e. The Hall–Kier alpha value is -1.87. The summed E-state index contributed by atoms with van der Waals surface area (Å²) in [6, 6.07) is 12.4. The van der Waals surface area contributed by atoms with Crippen LogP contribution in [0, 0.1) is 0 Å². The fourth-order valence-electron chi connectivity index (χ4n) is 2.46. The number of nitrogens with zero attached hydrogens (tertiary/aromatic N) is 3. The van der Waals surface area contributed by atoms with Crippen LogP contribution in [-0.2, 0) is 0 Å². The number of alkyl halides is 1. The van der Waals surface area contributed by atoms with Gasteiger partial charge in [-0.1, -0.05) is 26.0 Å². The summed E-state index contributed by atoms with van der Waals surface area (Å²) in [5, 5.41) is -0.177. The number of rotatable bonds is 3. The summed E-state index contributed by atoms with van der Waals surface area (Å²) in [6.45, 7) is 6.31. The quantitative estimate of drug-likeness (QED) is 0.648. The average Bonchev–Trinajstić information content (AvgIpc) is 2.87. The largest absolute Gasteiger partial charge is 0.279 e. The number of pyridine rings is 1. The first kappa shape index (κ1) is 14.1. The molecule has 1 atom stereocenters. The molecule has 0 amide bonds. The Balaban J connectivity index is 2.20. The third-order valence-corrected chi connectivity index (χ3v) is 3.81. The number of aromatic nitrogens is 3. The zero-order valence-corrected chi connectivity index (χ0v) is 13.2. The van der Waals surface area contributed by atoms with Gasteiger partial charge in [0, 0.05) is 11.9 Å². The van der Waals surface area contributed by atoms with Crippen LogP contribution in [0.5, 0.6) is 0 Å². The van der Waals surface area contributed by atoms with Crippen molar-refractivity contribution in [3.05, 3.63) is 54.0 Å². The lowest BCUT2D eigenvalue weighted by Gasteiger charge is -2.12. The Kier molecular flexibility index (Phi) is 3.68. The summed E-state index contributed by atoms with van der Waals surface area (Å²) in [5.74, 6) is 1.34. The Morgan fingerprint density at radius 2 is 1.76 bits per heavy atom. The molecule has 0 radical (unpaired) electrons. The van der Waals surface area contributed by atoms with Crippen molar-refractivity contribution in [2.24, 2.45) is 0 Å². The number of hydrogen-bond donors (Lipinski definition) is 0. The molecule has 0 fully saturated rings. The maximum absolute atomic E-state index is 6.30. The van der Waals surface area contributed by atoms with Gasteiger partial charge in [-0.25, -0.2) is 9.97 Å². The molecule has 0 aliphatic rings. The highest BCUT2D eigenvalue weighted by Crippen LogP contribution is 2.27. The zero-order valence-electron chi connectivity index (χ0n) is 12.4. The van der Waals surface area contributed by atoms with E-state index in [9.17, 15) is 0 Å². The molecule has 0 N–H and O–H groups in total. The van der Waals surface area contributed by atoms with Gasteiger partial charge in [-0.05, 0) is 42.7 Å². The summed E-state index contributed by atoms with van der Waals surface area (Å²) >= 11 is 6.30. The molecule has 0 aliphatic heterocycles. The summed E-state index contributed by atoms with van der Waals surface area (Å²) in [4.78, 5) is 9.07. The van der Waals surface area contributed by atoms with Gasteiger partial charge < -0.3 is 0 Å². The third kappa shape index (κ3) is 2.54. The molecule has 2 heterocycles. The second-order valence-electron chi connectivity index (χ2n) is 5.51. The molecule has 2 aromatic heterocycles. The van der Waals surface area contributed by atoms with E-state index < -0.39 is 0 Å². The second-order valence-corrected chi connectivity index (χ2v) is 6.17. The Morgan fingerprint density at radius 1 is 1.05 bits per heavy atom. The molecular formula is C17H18ClN3. The maximum atomic E-state index is 6.30. The topological polar surface area (TPSA) is 30.7 Å². The van der Waals surface area contributed by atoms with Crippen LogP contribution < -0.4 is 0 Å². The molecule has 1 unspecified atom stereocenters. The van der Waals surface area contributed by atoms with Crippen LogP contribution >= 0.6 is 11.6 Å². The monoisotopic (exact) mass is 299 g/mol. The molecule has 3 aromatic rings. The van der Waals surface area contributed by atoms with Gasteiger partial charge in [0.2, 0.25) is 0 Å². The van der Waals surface area contributed by atoms with Gasteiger partial charge >= 0.3 is 0 Å². The fraction of sp³-hybridized carbons (Fsp3) is 0.294. The van der Waals surface area contributed by atoms with Crippen molar-refractivity contribution >= 4 is 22.8 Å². The fourth-order valence-corrected chi connectivity index (χ4v) is 2.61. The smallest absolute Gasteiger partial charge is 0.164 e. The summed E-state index contributed by atoms with van der Waals surface area (Å²) in [5.41, 5.74) is 4.07. The molecule has 0 saturated carbocycles. The lowest BCUT2D eigenvalue weighted by molar-refractivity contribution is 0.857. The van der Waals surface area contributed by atoms with E-state index in [4.69, 9.17) is 11.6 Å². The van der Waals surface area contributed by atoms with Gasteiger partial charge in [-0.3, -0.25) is 4.57 Å². The van der Waals surface area contributed by atoms with Crippen molar-refractivity contribution in [1.82, 2.24) is 14.5 Å². The predicted octanol–water partition coefficient (Wildman–Crippen LogP) is 4.84. The Labute approximate surface area is 129 Å². The van der Waals surface area contributed by atoms with Crippen molar-refractivity contribution in [2.45, 2.75) is 32.1 Å². The molecule has 0 bridgehead atoms. The van der Waals surface area contributed by atoms with Crippen LogP contribution in [0.25, 0.3) is 16.9 Å². The van der Waals surface area contributed by atoms with E-state index in [0.717, 1.165) is 22.7 Å². The van der Waals surface area contributed by atoms with E-state index in [-0.39, 0.29) is 5.38 Å². The minimum Gasteiger partial charge on any atom is -0.279 e. The van der Waals surface area contributed by atoms with E-state index in [1.807, 2.05) is 23.6 Å². The standard InChI is InChI=1S/C17H18ClN3/c1-11(2)13-6-8-14(9-7-13)21-16(12(3)18)20-15-5-4-10-19-17(15)21/h4-12H,1-3H3. The third-order valence-electron chi connectivity index (χ3n) is 3.62. The van der Waals surface area contributed by atoms with E-state index >= 15 is 0 Å². The molecule has 0 saturated heterocycles. The van der Waals surface area contributed by atoms with Crippen LogP contribution in [0.1, 0.15) is 43.5 Å². The number of halogens is 1. The molecule has 21 heavy (non-hydrogen) atoms. The Morgan fingerprint density at radius 3 is 2.38 bits per heavy atom. The molecule has 0 spiro atoms. The van der Waals surface area contributed by atoms with E-state index in [1.54, 1.807) is 6.20 Å². The van der Waals surface area contributed by atoms with Crippen molar-refractivity contribution in [3.63, 3.8) is 0 Å². The normalized spacial score (nSPS) is 13.0. The minimum atomic E-state index is -0.177. The second kappa shape index (κ2) is 5.49. The van der Waals surface area contributed by atoms with Crippen LogP contribution in [0.4, 0.5) is 0 Å². The van der Waals surface area contributed by atoms with E-state index in [2.05, 4.69) is 48.1 Å². The molecule has 1 aromatic carbocycles. The number of benzene rings is 1. The first-order valence-corrected chi connectivity index (χ1v) is 7.59. The number of hydrogen-bond acceptors (Lipinski definition) is 2. The van der Waals surface area contributed by atoms with Crippen molar-refractivity contribution in [2.75, 3.05) is 0 Å². The van der Waals surface area contributed by atoms with Crippen LogP contribution in [-0.4, -0.2) is 14.5 Å². The summed E-state index contributed by atoms with van der Waals surface area (Å²) in [6.07, 6.45) is 1.78. The van der Waals surface area contributed by atoms with Gasteiger partial charge in [-0.15, -0.1) is 11.6 Å². The zero-order chi connectivity index (χ0) is 15.0. The first-order valence-electron chi connectivity index (χ1n) is 7.15. The van der Waals surface area contributed by atoms with Crippen molar-refractivity contribution < 1.29 is 0 Å². The average molecular weight is 300 g/mol. The van der Waals surface area contributed by atoms with Gasteiger partial charge in [0.05, 0.1) is 5.38 Å². The van der Waals surface area contributed by atoms with E-state index in [0.29, 0.717) is 5.92 Å². The number of fused-ring (bicyclic) bond motifs is 1. The molecule has 4 heteroatoms. The molecule has 0 aliphatic carbocycles. The van der Waals surface area contributed by atoms with Crippen molar-refractivity contribution in [3.8, 4) is 5.69 Å². The number of imidazole rings is 1. The predicted molar refractivity (Wildman–Crippen MR) is 87.2 cm³/mol. The van der Waals surface area contributed by atoms with Crippen LogP contribution in [0.15, 0.2) is 42.6 Å². The molecule has 3 rings (SSSR count). The van der Waals surface area contributed by atoms with Gasteiger partial charge in [0.15, 0.2) is 5.65 Å². The van der Waals surface area contributed by atoms with Gasteiger partial charge in [0.1, 0.15) is 11.3 Å². The first-order chi connectivity index (χ1) is 10.1.